The molecule has 1 aromatic heterocycles. The standard InChI is InChI=1S/C36H41F3N6O6S/c1-22(46)20-45-16-13-24(14-17-45)43-28-7-4-6-25-26(19-36(37,38)39)31(52-33(25)28)8-5-15-42-27-10-9-23(18-30(27)51-21-41-2)34(48)44-29(35(49)50-3)11-12-32(40)47/h4,6-7,9-10,18,22,24,29,42-43,46H,11-17,19-21H2,1,3H3,(H2,40,47)(H,44,48). The number of alkyl halides is 3. The van der Waals surface area contributed by atoms with E-state index in [0.29, 0.717) is 27.2 Å². The van der Waals surface area contributed by atoms with E-state index in [2.05, 4.69) is 37.5 Å². The summed E-state index contributed by atoms with van der Waals surface area (Å²) >= 11 is 1.20. The number of piperidine rings is 1. The van der Waals surface area contributed by atoms with Crippen LogP contribution in [0.15, 0.2) is 36.4 Å². The van der Waals surface area contributed by atoms with Crippen molar-refractivity contribution < 1.29 is 42.1 Å². The second-order valence-electron chi connectivity index (χ2n) is 12.3. The third-order valence-corrected chi connectivity index (χ3v) is 9.43. The van der Waals surface area contributed by atoms with Crippen LogP contribution in [-0.4, -0.2) is 92.2 Å². The molecule has 1 aliphatic rings. The first kappa shape index (κ1) is 39.8. The second-order valence-corrected chi connectivity index (χ2v) is 13.3. The van der Waals surface area contributed by atoms with Gasteiger partial charge in [0.05, 0.1) is 47.1 Å². The van der Waals surface area contributed by atoms with E-state index < -0.39 is 42.5 Å². The summed E-state index contributed by atoms with van der Waals surface area (Å²) in [5, 5.41) is 19.3. The van der Waals surface area contributed by atoms with Crippen molar-refractivity contribution in [2.75, 3.05) is 50.7 Å². The lowest BCUT2D eigenvalue weighted by Crippen LogP contribution is -2.42. The van der Waals surface area contributed by atoms with Gasteiger partial charge in [0.15, 0.2) is 5.75 Å². The second kappa shape index (κ2) is 18.5. The Hall–Kier alpha value is -5.03. The molecule has 2 atom stereocenters. The number of hydrogen-bond donors (Lipinski definition) is 5. The van der Waals surface area contributed by atoms with Crippen molar-refractivity contribution >= 4 is 50.6 Å². The Morgan fingerprint density at radius 2 is 1.94 bits per heavy atom. The molecule has 3 aromatic rings. The van der Waals surface area contributed by atoms with Gasteiger partial charge >= 0.3 is 18.9 Å². The van der Waals surface area contributed by atoms with Crippen molar-refractivity contribution in [3.63, 3.8) is 0 Å². The molecule has 1 saturated heterocycles. The number of methoxy groups -OCH3 is 1. The van der Waals surface area contributed by atoms with E-state index in [0.717, 1.165) is 38.7 Å². The van der Waals surface area contributed by atoms with Gasteiger partial charge in [-0.2, -0.15) is 13.2 Å². The Morgan fingerprint density at radius 3 is 2.60 bits per heavy atom. The summed E-state index contributed by atoms with van der Waals surface area (Å²) in [7, 11) is 1.14. The molecule has 1 aliphatic heterocycles. The van der Waals surface area contributed by atoms with Gasteiger partial charge in [-0.1, -0.05) is 24.0 Å². The van der Waals surface area contributed by atoms with Crippen molar-refractivity contribution in [2.24, 2.45) is 5.73 Å². The average molecular weight is 743 g/mol. The van der Waals surface area contributed by atoms with Crippen molar-refractivity contribution in [1.82, 2.24) is 10.2 Å². The van der Waals surface area contributed by atoms with E-state index >= 15 is 0 Å². The first-order valence-electron chi connectivity index (χ1n) is 16.6. The van der Waals surface area contributed by atoms with Crippen LogP contribution in [0.4, 0.5) is 24.5 Å². The number of fused-ring (bicyclic) bond motifs is 1. The number of anilines is 2. The Balaban J connectivity index is 1.52. The summed E-state index contributed by atoms with van der Waals surface area (Å²) in [6, 6.07) is 8.59. The van der Waals surface area contributed by atoms with E-state index in [-0.39, 0.29) is 49.0 Å². The number of amides is 2. The summed E-state index contributed by atoms with van der Waals surface area (Å²) < 4.78 is 52.2. The Bertz CT molecular complexity index is 1840. The van der Waals surface area contributed by atoms with Crippen LogP contribution in [0.25, 0.3) is 14.9 Å². The smallest absolute Gasteiger partial charge is 0.393 e. The van der Waals surface area contributed by atoms with Gasteiger partial charge in [0, 0.05) is 37.7 Å². The molecule has 2 heterocycles. The number of nitrogens with zero attached hydrogens (tertiary/aromatic N) is 2. The van der Waals surface area contributed by atoms with Crippen LogP contribution in [-0.2, 0) is 20.7 Å². The molecule has 0 radical (unpaired) electrons. The number of rotatable bonds is 15. The monoisotopic (exact) mass is 742 g/mol. The topological polar surface area (TPSA) is 160 Å². The van der Waals surface area contributed by atoms with Crippen molar-refractivity contribution in [1.29, 1.82) is 0 Å². The van der Waals surface area contributed by atoms with Crippen LogP contribution >= 0.6 is 11.3 Å². The molecular weight excluding hydrogens is 701 g/mol. The average Bonchev–Trinajstić information content (AvgIpc) is 3.44. The van der Waals surface area contributed by atoms with E-state index in [4.69, 9.17) is 21.8 Å². The number of esters is 1. The molecule has 0 bridgehead atoms. The number of primary amides is 1. The predicted molar refractivity (Wildman–Crippen MR) is 192 cm³/mol. The zero-order valence-electron chi connectivity index (χ0n) is 28.8. The lowest BCUT2D eigenvalue weighted by molar-refractivity contribution is -0.143. The maximum Gasteiger partial charge on any atom is 0.393 e. The minimum Gasteiger partial charge on any atom is -0.467 e. The van der Waals surface area contributed by atoms with Crippen LogP contribution in [0.5, 0.6) is 5.75 Å². The molecule has 16 heteroatoms. The number of nitrogens with one attached hydrogen (secondary N) is 3. The molecule has 6 N–H and O–H groups in total. The highest BCUT2D eigenvalue weighted by atomic mass is 32.1. The van der Waals surface area contributed by atoms with Gasteiger partial charge in [0.1, 0.15) is 6.04 Å². The fraction of sp³-hybridized carbons (Fsp3) is 0.444. The quantitative estimate of drug-likeness (QED) is 0.0858. The number of hydrogen-bond acceptors (Lipinski definition) is 10. The first-order valence-corrected chi connectivity index (χ1v) is 17.4. The number of carbonyl (C=O) groups excluding carboxylic acids is 3. The number of aliphatic hydroxyl groups is 1. The third kappa shape index (κ3) is 11.5. The largest absolute Gasteiger partial charge is 0.467 e. The molecule has 2 aromatic carbocycles. The van der Waals surface area contributed by atoms with Crippen LogP contribution in [0, 0.1) is 18.4 Å². The highest BCUT2D eigenvalue weighted by Crippen LogP contribution is 2.39. The van der Waals surface area contributed by atoms with Gasteiger partial charge in [-0.05, 0) is 61.4 Å². The van der Waals surface area contributed by atoms with E-state index in [1.807, 2.05) is 6.07 Å². The summed E-state index contributed by atoms with van der Waals surface area (Å²) in [4.78, 5) is 42.0. The maximum atomic E-state index is 13.8. The fourth-order valence-corrected chi connectivity index (χ4v) is 7.00. The number of ether oxygens (including phenoxy) is 2. The Kier molecular flexibility index (Phi) is 14.1. The first-order chi connectivity index (χ1) is 24.8. The highest BCUT2D eigenvalue weighted by Gasteiger charge is 2.31. The van der Waals surface area contributed by atoms with Gasteiger partial charge in [-0.25, -0.2) is 11.4 Å². The third-order valence-electron chi connectivity index (χ3n) is 8.23. The van der Waals surface area contributed by atoms with E-state index in [1.165, 1.54) is 29.5 Å². The van der Waals surface area contributed by atoms with Gasteiger partial charge in [-0.3, -0.25) is 14.4 Å². The maximum absolute atomic E-state index is 13.8. The molecule has 1 fully saturated rings. The van der Waals surface area contributed by atoms with E-state index in [1.54, 1.807) is 19.1 Å². The predicted octanol–water partition coefficient (Wildman–Crippen LogP) is 4.52. The summed E-state index contributed by atoms with van der Waals surface area (Å²) in [5.41, 5.74) is 6.48. The normalized spacial score (nSPS) is 14.7. The molecule has 0 spiro atoms. The minimum absolute atomic E-state index is 0.00665. The molecule has 52 heavy (non-hydrogen) atoms. The van der Waals surface area contributed by atoms with Gasteiger partial charge in [0.25, 0.3) is 5.91 Å². The minimum atomic E-state index is -4.45. The molecule has 2 amide bonds. The van der Waals surface area contributed by atoms with E-state index in [9.17, 15) is 32.7 Å². The number of benzene rings is 2. The number of carbonyl (C=O) groups is 3. The Morgan fingerprint density at radius 1 is 1.19 bits per heavy atom. The number of aliphatic hydroxyl groups excluding tert-OH is 1. The van der Waals surface area contributed by atoms with Gasteiger partial charge < -0.3 is 41.2 Å². The summed E-state index contributed by atoms with van der Waals surface area (Å²) in [5.74, 6) is 3.86. The zero-order valence-corrected chi connectivity index (χ0v) is 29.6. The van der Waals surface area contributed by atoms with Gasteiger partial charge in [0.2, 0.25) is 5.91 Å². The molecule has 12 nitrogen and oxygen atoms in total. The molecule has 278 valence electrons. The van der Waals surface area contributed by atoms with Crippen molar-refractivity contribution in [3.8, 4) is 17.6 Å². The van der Waals surface area contributed by atoms with Gasteiger partial charge in [-0.15, -0.1) is 11.3 Å². The lowest BCUT2D eigenvalue weighted by atomic mass is 10.0. The highest BCUT2D eigenvalue weighted by molar-refractivity contribution is 7.20. The Labute approximate surface area is 303 Å². The lowest BCUT2D eigenvalue weighted by Gasteiger charge is -2.33. The summed E-state index contributed by atoms with van der Waals surface area (Å²) in [6.45, 7) is 10.7. The van der Waals surface area contributed by atoms with Crippen LogP contribution in [0.1, 0.15) is 53.4 Å². The van der Waals surface area contributed by atoms with Crippen molar-refractivity contribution in [2.45, 2.75) is 63.4 Å². The molecular formula is C36H41F3N6O6S. The number of nitrogens with two attached hydrogens (primary N) is 1. The molecule has 0 aliphatic carbocycles. The molecule has 2 unspecified atom stereocenters. The van der Waals surface area contributed by atoms with Crippen LogP contribution in [0.3, 0.4) is 0 Å². The SMILES string of the molecule is [C-]#[N+]COc1cc(C(=O)NC(CCC(N)=O)C(=O)OC)ccc1NCC#Cc1sc2c(NC3CCN(CC(C)O)CC3)cccc2c1CC(F)(F)F. The number of halogens is 3. The van der Waals surface area contributed by atoms with Crippen molar-refractivity contribution in [3.05, 3.63) is 63.8 Å². The zero-order chi connectivity index (χ0) is 37.8. The van der Waals surface area contributed by atoms with Crippen LogP contribution < -0.4 is 26.4 Å². The van der Waals surface area contributed by atoms with Crippen LogP contribution in [0.2, 0.25) is 0 Å². The number of likely N-dealkylation sites (tertiary alicyclic amines) is 1. The molecule has 0 saturated carbocycles. The number of β-amino-alcohol motifs (C(OH)–C–C–N with tert-alkyl or cyclic N) is 1. The molecule has 4 rings (SSSR count). The summed E-state index contributed by atoms with van der Waals surface area (Å²) in [6.07, 6.45) is -4.57. The fourth-order valence-electron chi connectivity index (χ4n) is 5.83. The number of thiophene rings is 1.